The number of aromatic amines is 1. The van der Waals surface area contributed by atoms with Crippen molar-refractivity contribution < 1.29 is 13.9 Å². The molecule has 0 fully saturated rings. The third-order valence-corrected chi connectivity index (χ3v) is 4.93. The number of nitrogens with two attached hydrogens (primary N) is 1. The molecular formula is C22H26FN5O4. The lowest BCUT2D eigenvalue weighted by Gasteiger charge is -2.25. The molecule has 0 spiro atoms. The molecule has 3 aromatic rings. The number of pyridine rings is 1. The van der Waals surface area contributed by atoms with Crippen LogP contribution in [0.25, 0.3) is 10.9 Å². The predicted octanol–water partition coefficient (Wildman–Crippen LogP) is 2.06. The topological polar surface area (TPSA) is 123 Å². The largest absolute Gasteiger partial charge is 0.383 e. The number of aromatic nitrogens is 3. The Labute approximate surface area is 183 Å². The number of nitrogens with one attached hydrogen (secondary N) is 1. The highest BCUT2D eigenvalue weighted by atomic mass is 19.1. The molecule has 1 amide bonds. The fraction of sp³-hybridized carbons (Fsp3) is 0.364. The molecule has 2 heterocycles. The summed E-state index contributed by atoms with van der Waals surface area (Å²) in [5, 5.41) is 0.426. The lowest BCUT2D eigenvalue weighted by molar-refractivity contribution is 0.0977. The van der Waals surface area contributed by atoms with E-state index in [1.165, 1.54) is 34.8 Å². The number of aryl methyl sites for hydroxylation is 1. The summed E-state index contributed by atoms with van der Waals surface area (Å²) < 4.78 is 20.1. The summed E-state index contributed by atoms with van der Waals surface area (Å²) in [4.78, 5) is 46.5. The van der Waals surface area contributed by atoms with Crippen molar-refractivity contribution in [1.82, 2.24) is 14.5 Å². The third-order valence-electron chi connectivity index (χ3n) is 4.93. The van der Waals surface area contributed by atoms with E-state index in [1.807, 2.05) is 13.8 Å². The minimum absolute atomic E-state index is 0.00650. The van der Waals surface area contributed by atoms with Crippen LogP contribution in [0.2, 0.25) is 0 Å². The second kappa shape index (κ2) is 9.31. The molecule has 0 saturated heterocycles. The SMILES string of the molecule is COCCN(C(=O)c1cc(C)nc2cc(F)ccc12)c1c(N)n(CC(C)C)c(=O)[nH]c1=O. The number of carbonyl (C=O) groups excluding carboxylic acids is 1. The van der Waals surface area contributed by atoms with Gasteiger partial charge in [0.05, 0.1) is 17.7 Å². The van der Waals surface area contributed by atoms with Crippen LogP contribution in [-0.4, -0.2) is 40.7 Å². The minimum atomic E-state index is -0.780. The molecule has 170 valence electrons. The van der Waals surface area contributed by atoms with Crippen molar-refractivity contribution in [3.63, 3.8) is 0 Å². The molecular weight excluding hydrogens is 417 g/mol. The monoisotopic (exact) mass is 443 g/mol. The number of hydrogen-bond acceptors (Lipinski definition) is 6. The van der Waals surface area contributed by atoms with Crippen LogP contribution in [0.4, 0.5) is 15.9 Å². The molecule has 0 aliphatic rings. The zero-order valence-electron chi connectivity index (χ0n) is 18.4. The van der Waals surface area contributed by atoms with E-state index in [2.05, 4.69) is 9.97 Å². The Morgan fingerprint density at radius 1 is 1.31 bits per heavy atom. The molecule has 3 N–H and O–H groups in total. The highest BCUT2D eigenvalue weighted by Gasteiger charge is 2.27. The maximum atomic E-state index is 13.7. The second-order valence-electron chi connectivity index (χ2n) is 7.92. The van der Waals surface area contributed by atoms with Gasteiger partial charge in [-0.25, -0.2) is 9.18 Å². The van der Waals surface area contributed by atoms with Crippen LogP contribution in [0.1, 0.15) is 29.9 Å². The van der Waals surface area contributed by atoms with E-state index in [1.54, 1.807) is 13.0 Å². The number of halogens is 1. The maximum absolute atomic E-state index is 13.7. The summed E-state index contributed by atoms with van der Waals surface area (Å²) in [6.45, 7) is 5.87. The number of rotatable bonds is 7. The smallest absolute Gasteiger partial charge is 0.330 e. The van der Waals surface area contributed by atoms with Crippen LogP contribution < -0.4 is 21.9 Å². The van der Waals surface area contributed by atoms with Gasteiger partial charge < -0.3 is 10.5 Å². The number of nitrogen functional groups attached to an aromatic ring is 1. The molecule has 0 saturated carbocycles. The lowest BCUT2D eigenvalue weighted by Crippen LogP contribution is -2.43. The van der Waals surface area contributed by atoms with Crippen LogP contribution in [-0.2, 0) is 11.3 Å². The van der Waals surface area contributed by atoms with Gasteiger partial charge in [0.1, 0.15) is 11.6 Å². The molecule has 9 nitrogen and oxygen atoms in total. The average Bonchev–Trinajstić information content (AvgIpc) is 2.71. The van der Waals surface area contributed by atoms with Gasteiger partial charge in [-0.3, -0.25) is 29.0 Å². The summed E-state index contributed by atoms with van der Waals surface area (Å²) in [6.07, 6.45) is 0. The number of hydrogen-bond donors (Lipinski definition) is 2. The fourth-order valence-electron chi connectivity index (χ4n) is 3.54. The van der Waals surface area contributed by atoms with Crippen LogP contribution in [0.15, 0.2) is 33.9 Å². The first-order chi connectivity index (χ1) is 15.1. The van der Waals surface area contributed by atoms with Crippen molar-refractivity contribution in [2.24, 2.45) is 5.92 Å². The van der Waals surface area contributed by atoms with E-state index in [0.717, 1.165) is 0 Å². The van der Waals surface area contributed by atoms with E-state index in [9.17, 15) is 18.8 Å². The summed E-state index contributed by atoms with van der Waals surface area (Å²) in [6, 6.07) is 5.51. The predicted molar refractivity (Wildman–Crippen MR) is 121 cm³/mol. The first-order valence-corrected chi connectivity index (χ1v) is 10.1. The Morgan fingerprint density at radius 2 is 2.03 bits per heavy atom. The summed E-state index contributed by atoms with van der Waals surface area (Å²) >= 11 is 0. The zero-order chi connectivity index (χ0) is 23.6. The van der Waals surface area contributed by atoms with Gasteiger partial charge in [-0.1, -0.05) is 13.8 Å². The molecule has 32 heavy (non-hydrogen) atoms. The fourth-order valence-corrected chi connectivity index (χ4v) is 3.54. The number of benzene rings is 1. The molecule has 10 heteroatoms. The first-order valence-electron chi connectivity index (χ1n) is 10.1. The number of carbonyl (C=O) groups is 1. The Morgan fingerprint density at radius 3 is 2.69 bits per heavy atom. The van der Waals surface area contributed by atoms with Gasteiger partial charge in [0, 0.05) is 37.3 Å². The quantitative estimate of drug-likeness (QED) is 0.576. The van der Waals surface area contributed by atoms with Gasteiger partial charge >= 0.3 is 5.69 Å². The molecule has 0 unspecified atom stereocenters. The van der Waals surface area contributed by atoms with E-state index in [4.69, 9.17) is 10.5 Å². The van der Waals surface area contributed by atoms with Crippen molar-refractivity contribution >= 4 is 28.3 Å². The van der Waals surface area contributed by atoms with E-state index >= 15 is 0 Å². The molecule has 2 aromatic heterocycles. The number of fused-ring (bicyclic) bond motifs is 1. The molecule has 3 rings (SSSR count). The minimum Gasteiger partial charge on any atom is -0.383 e. The number of methoxy groups -OCH3 is 1. The van der Waals surface area contributed by atoms with Gasteiger partial charge in [-0.05, 0) is 31.0 Å². The molecule has 0 bridgehead atoms. The maximum Gasteiger partial charge on any atom is 0.330 e. The van der Waals surface area contributed by atoms with Crippen molar-refractivity contribution in [2.75, 3.05) is 30.9 Å². The van der Waals surface area contributed by atoms with E-state index < -0.39 is 23.0 Å². The normalized spacial score (nSPS) is 11.3. The molecule has 0 atom stereocenters. The van der Waals surface area contributed by atoms with Crippen LogP contribution >= 0.6 is 0 Å². The number of amides is 1. The number of ether oxygens (including phenoxy) is 1. The Bertz CT molecular complexity index is 1280. The van der Waals surface area contributed by atoms with Crippen LogP contribution in [0.3, 0.4) is 0 Å². The molecule has 0 radical (unpaired) electrons. The van der Waals surface area contributed by atoms with Gasteiger partial charge in [0.2, 0.25) is 0 Å². The Kier molecular flexibility index (Phi) is 6.73. The van der Waals surface area contributed by atoms with Crippen molar-refractivity contribution in [2.45, 2.75) is 27.3 Å². The molecule has 0 aliphatic heterocycles. The number of nitrogens with zero attached hydrogens (tertiary/aromatic N) is 3. The number of H-pyrrole nitrogens is 1. The summed E-state index contributed by atoms with van der Waals surface area (Å²) in [5.74, 6) is -1.07. The summed E-state index contributed by atoms with van der Waals surface area (Å²) in [7, 11) is 1.46. The molecule has 0 aliphatic carbocycles. The van der Waals surface area contributed by atoms with Gasteiger partial charge in [-0.2, -0.15) is 0 Å². The van der Waals surface area contributed by atoms with Crippen LogP contribution in [0, 0.1) is 18.7 Å². The van der Waals surface area contributed by atoms with Crippen molar-refractivity contribution in [1.29, 1.82) is 0 Å². The Hall–Kier alpha value is -3.53. The van der Waals surface area contributed by atoms with Gasteiger partial charge in [0.25, 0.3) is 11.5 Å². The number of anilines is 2. The zero-order valence-corrected chi connectivity index (χ0v) is 18.4. The van der Waals surface area contributed by atoms with E-state index in [0.29, 0.717) is 16.6 Å². The first kappa shape index (κ1) is 23.1. The van der Waals surface area contributed by atoms with E-state index in [-0.39, 0.29) is 42.7 Å². The van der Waals surface area contributed by atoms with Crippen LogP contribution in [0.5, 0.6) is 0 Å². The molecule has 1 aromatic carbocycles. The average molecular weight is 443 g/mol. The standard InChI is InChI=1S/C22H26FN5O4/c1-12(2)11-28-19(24)18(20(29)26-22(28)31)27(7-8-32-4)21(30)16-9-13(3)25-17-10-14(23)5-6-15(16)17/h5-6,9-10,12H,7-8,11,24H2,1-4H3,(H,26,29,31). The summed E-state index contributed by atoms with van der Waals surface area (Å²) in [5.41, 5.74) is 5.70. The van der Waals surface area contributed by atoms with Crippen molar-refractivity contribution in [3.8, 4) is 0 Å². The highest BCUT2D eigenvalue weighted by Crippen LogP contribution is 2.25. The highest BCUT2D eigenvalue weighted by molar-refractivity contribution is 6.14. The lowest BCUT2D eigenvalue weighted by atomic mass is 10.1. The van der Waals surface area contributed by atoms with Gasteiger partial charge in [0.15, 0.2) is 5.69 Å². The third kappa shape index (κ3) is 4.54. The Balaban J connectivity index is 2.23. The van der Waals surface area contributed by atoms with Gasteiger partial charge in [-0.15, -0.1) is 0 Å². The van der Waals surface area contributed by atoms with Crippen molar-refractivity contribution in [3.05, 3.63) is 62.2 Å². The second-order valence-corrected chi connectivity index (χ2v) is 7.92.